The minimum Gasteiger partial charge on any atom is -0.491 e. The van der Waals surface area contributed by atoms with Crippen molar-refractivity contribution in [2.24, 2.45) is 0 Å². The predicted molar refractivity (Wildman–Crippen MR) is 128 cm³/mol. The van der Waals surface area contributed by atoms with E-state index in [-0.39, 0.29) is 18.6 Å². The Labute approximate surface area is 195 Å². The van der Waals surface area contributed by atoms with E-state index in [1.807, 2.05) is 24.3 Å². The van der Waals surface area contributed by atoms with Gasteiger partial charge in [0, 0.05) is 6.07 Å². The van der Waals surface area contributed by atoms with Crippen LogP contribution in [0.2, 0.25) is 0 Å². The number of nitrogens with one attached hydrogen (secondary N) is 1. The van der Waals surface area contributed by atoms with Crippen molar-refractivity contribution in [2.45, 2.75) is 39.2 Å². The molecule has 2 aromatic rings. The van der Waals surface area contributed by atoms with Crippen molar-refractivity contribution in [3.8, 4) is 17.2 Å². The molecule has 1 amide bonds. The first-order valence-electron chi connectivity index (χ1n) is 10.9. The molecule has 0 bridgehead atoms. The fraction of sp³-hybridized carbons (Fsp3) is 0.458. The van der Waals surface area contributed by atoms with E-state index in [1.165, 1.54) is 0 Å². The lowest BCUT2D eigenvalue weighted by atomic mass is 9.86. The summed E-state index contributed by atoms with van der Waals surface area (Å²) in [5, 5.41) is 2.77. The highest BCUT2D eigenvalue weighted by atomic mass is 32.2. The number of para-hydroxylation sites is 1. The number of carbonyl (C=O) groups excluding carboxylic acids is 1. The number of amides is 1. The molecule has 0 saturated heterocycles. The van der Waals surface area contributed by atoms with Crippen LogP contribution in [0.25, 0.3) is 0 Å². The molecular formula is C24H32N2O6S. The lowest BCUT2D eigenvalue weighted by Gasteiger charge is -2.29. The molecular weight excluding hydrogens is 444 g/mol. The summed E-state index contributed by atoms with van der Waals surface area (Å²) in [6, 6.07) is 11.6. The van der Waals surface area contributed by atoms with Gasteiger partial charge in [-0.25, -0.2) is 8.42 Å². The predicted octanol–water partition coefficient (Wildman–Crippen LogP) is 3.11. The third-order valence-corrected chi connectivity index (χ3v) is 6.46. The van der Waals surface area contributed by atoms with E-state index in [2.05, 4.69) is 26.1 Å². The highest BCUT2D eigenvalue weighted by molar-refractivity contribution is 7.92. The minimum absolute atomic E-state index is 0.0754. The van der Waals surface area contributed by atoms with Crippen LogP contribution in [0.1, 0.15) is 33.3 Å². The van der Waals surface area contributed by atoms with E-state index in [9.17, 15) is 13.2 Å². The van der Waals surface area contributed by atoms with E-state index in [4.69, 9.17) is 14.2 Å². The summed E-state index contributed by atoms with van der Waals surface area (Å²) in [6.07, 6.45) is 1.07. The van der Waals surface area contributed by atoms with Crippen LogP contribution in [-0.4, -0.2) is 53.0 Å². The maximum Gasteiger partial charge on any atom is 0.243 e. The van der Waals surface area contributed by atoms with E-state index in [1.54, 1.807) is 25.1 Å². The Balaban J connectivity index is 1.65. The van der Waals surface area contributed by atoms with Crippen LogP contribution in [0.3, 0.4) is 0 Å². The van der Waals surface area contributed by atoms with Crippen molar-refractivity contribution in [1.82, 2.24) is 5.32 Å². The van der Waals surface area contributed by atoms with Crippen LogP contribution in [0, 0.1) is 0 Å². The number of rotatable bonds is 8. The average molecular weight is 477 g/mol. The molecule has 1 atom stereocenters. The quantitative estimate of drug-likeness (QED) is 0.589. The lowest BCUT2D eigenvalue weighted by molar-refractivity contribution is -0.121. The molecule has 0 spiro atoms. The van der Waals surface area contributed by atoms with Gasteiger partial charge in [0.25, 0.3) is 0 Å². The highest BCUT2D eigenvalue weighted by Crippen LogP contribution is 2.35. The van der Waals surface area contributed by atoms with Gasteiger partial charge < -0.3 is 19.5 Å². The van der Waals surface area contributed by atoms with E-state index >= 15 is 0 Å². The molecule has 0 aromatic heterocycles. The first-order valence-corrected chi connectivity index (χ1v) is 12.7. The zero-order valence-electron chi connectivity index (χ0n) is 19.8. The number of benzene rings is 2. The second kappa shape index (κ2) is 9.91. The number of hydrogen-bond acceptors (Lipinski definition) is 6. The van der Waals surface area contributed by atoms with Gasteiger partial charge in [-0.15, -0.1) is 0 Å². The normalized spacial score (nSPS) is 14.3. The molecule has 2 aromatic carbocycles. The SMILES string of the molecule is C[C@@H](C(=O)NCCOc1ccccc1C(C)(C)C)N(c1ccc2c(c1)OCCO2)S(C)(=O)=O. The Hall–Kier alpha value is -2.94. The van der Waals surface area contributed by atoms with Crippen LogP contribution in [-0.2, 0) is 20.2 Å². The third kappa shape index (κ3) is 6.10. The van der Waals surface area contributed by atoms with E-state index in [0.717, 1.165) is 21.9 Å². The molecule has 0 radical (unpaired) electrons. The zero-order chi connectivity index (χ0) is 24.2. The van der Waals surface area contributed by atoms with Gasteiger partial charge >= 0.3 is 0 Å². The average Bonchev–Trinajstić information content (AvgIpc) is 2.75. The number of nitrogens with zero attached hydrogens (tertiary/aromatic N) is 1. The maximum atomic E-state index is 12.8. The van der Waals surface area contributed by atoms with Gasteiger partial charge in [-0.3, -0.25) is 9.10 Å². The summed E-state index contributed by atoms with van der Waals surface area (Å²) in [6.45, 7) is 9.17. The lowest BCUT2D eigenvalue weighted by Crippen LogP contribution is -2.48. The number of hydrogen-bond donors (Lipinski definition) is 1. The fourth-order valence-electron chi connectivity index (χ4n) is 3.67. The molecule has 8 nitrogen and oxygen atoms in total. The topological polar surface area (TPSA) is 94.2 Å². The van der Waals surface area contributed by atoms with Crippen molar-refractivity contribution in [3.63, 3.8) is 0 Å². The molecule has 0 aliphatic carbocycles. The van der Waals surface area contributed by atoms with Crippen LogP contribution in [0.4, 0.5) is 5.69 Å². The monoisotopic (exact) mass is 476 g/mol. The number of fused-ring (bicyclic) bond motifs is 1. The Kier molecular flexibility index (Phi) is 7.41. The molecule has 1 N–H and O–H groups in total. The molecule has 0 saturated carbocycles. The zero-order valence-corrected chi connectivity index (χ0v) is 20.6. The molecule has 1 aliphatic rings. The van der Waals surface area contributed by atoms with Gasteiger partial charge in [0.1, 0.15) is 31.6 Å². The van der Waals surface area contributed by atoms with Crippen molar-refractivity contribution in [1.29, 1.82) is 0 Å². The Bertz CT molecular complexity index is 1090. The highest BCUT2D eigenvalue weighted by Gasteiger charge is 2.30. The number of ether oxygens (including phenoxy) is 3. The van der Waals surface area contributed by atoms with Crippen LogP contribution >= 0.6 is 0 Å². The van der Waals surface area contributed by atoms with Gasteiger partial charge in [0.15, 0.2) is 11.5 Å². The van der Waals surface area contributed by atoms with Gasteiger partial charge in [0.2, 0.25) is 15.9 Å². The smallest absolute Gasteiger partial charge is 0.243 e. The molecule has 180 valence electrons. The summed E-state index contributed by atoms with van der Waals surface area (Å²) in [4.78, 5) is 12.8. The second-order valence-electron chi connectivity index (χ2n) is 8.95. The molecule has 3 rings (SSSR count). The second-order valence-corrected chi connectivity index (χ2v) is 10.8. The Morgan fingerprint density at radius 2 is 1.79 bits per heavy atom. The molecule has 33 heavy (non-hydrogen) atoms. The van der Waals surface area contributed by atoms with Crippen molar-refractivity contribution in [2.75, 3.05) is 36.9 Å². The fourth-order valence-corrected chi connectivity index (χ4v) is 4.84. The third-order valence-electron chi connectivity index (χ3n) is 5.22. The van der Waals surface area contributed by atoms with Crippen molar-refractivity contribution >= 4 is 21.6 Å². The molecule has 0 fully saturated rings. The van der Waals surface area contributed by atoms with Crippen molar-refractivity contribution < 1.29 is 27.4 Å². The van der Waals surface area contributed by atoms with E-state index < -0.39 is 22.0 Å². The van der Waals surface area contributed by atoms with Gasteiger partial charge in [0.05, 0.1) is 18.5 Å². The molecule has 0 unspecified atom stereocenters. The maximum absolute atomic E-state index is 12.8. The summed E-state index contributed by atoms with van der Waals surface area (Å²) >= 11 is 0. The summed E-state index contributed by atoms with van der Waals surface area (Å²) in [7, 11) is -3.74. The van der Waals surface area contributed by atoms with Gasteiger partial charge in [-0.1, -0.05) is 39.0 Å². The van der Waals surface area contributed by atoms with Crippen LogP contribution in [0.5, 0.6) is 17.2 Å². The van der Waals surface area contributed by atoms with Crippen LogP contribution < -0.4 is 23.8 Å². The summed E-state index contributed by atoms with van der Waals surface area (Å²) < 4.78 is 43.1. The first-order chi connectivity index (χ1) is 15.5. The van der Waals surface area contributed by atoms with Gasteiger partial charge in [-0.05, 0) is 36.1 Å². The Morgan fingerprint density at radius 1 is 1.12 bits per heavy atom. The standard InChI is InChI=1S/C24H32N2O6S/c1-17(23(27)25-12-13-30-20-9-7-6-8-19(20)24(2,3)4)26(33(5,28)29)18-10-11-21-22(16-18)32-15-14-31-21/h6-11,16-17H,12-15H2,1-5H3,(H,25,27)/t17-/m0/s1. The number of sulfonamides is 1. The molecule has 9 heteroatoms. The van der Waals surface area contributed by atoms with Crippen LogP contribution in [0.15, 0.2) is 42.5 Å². The van der Waals surface area contributed by atoms with E-state index in [0.29, 0.717) is 30.4 Å². The number of carbonyl (C=O) groups is 1. The molecule has 1 aliphatic heterocycles. The first kappa shape index (κ1) is 24.7. The minimum atomic E-state index is -3.74. The van der Waals surface area contributed by atoms with Crippen molar-refractivity contribution in [3.05, 3.63) is 48.0 Å². The molecule has 1 heterocycles. The van der Waals surface area contributed by atoms with Gasteiger partial charge in [-0.2, -0.15) is 0 Å². The Morgan fingerprint density at radius 3 is 2.45 bits per heavy atom. The largest absolute Gasteiger partial charge is 0.491 e. The number of anilines is 1. The summed E-state index contributed by atoms with van der Waals surface area (Å²) in [5.74, 6) is 1.33. The summed E-state index contributed by atoms with van der Waals surface area (Å²) in [5.41, 5.74) is 1.33.